The van der Waals surface area contributed by atoms with Crippen LogP contribution in [0, 0.1) is 0 Å². The first-order chi connectivity index (χ1) is 6.68. The summed E-state index contributed by atoms with van der Waals surface area (Å²) in [4.78, 5) is 10.6. The van der Waals surface area contributed by atoms with Gasteiger partial charge in [-0.15, -0.1) is 0 Å². The van der Waals surface area contributed by atoms with Crippen LogP contribution in [0.2, 0.25) is 0 Å². The molecule has 0 saturated heterocycles. The third-order valence-electron chi connectivity index (χ3n) is 1.95. The molecular formula is C11H16N2O. The van der Waals surface area contributed by atoms with E-state index in [-0.39, 0.29) is 11.9 Å². The van der Waals surface area contributed by atoms with Gasteiger partial charge in [-0.05, 0) is 12.0 Å². The number of hydrogen-bond donors (Lipinski definition) is 2. The van der Waals surface area contributed by atoms with Gasteiger partial charge in [0.05, 0.1) is 0 Å². The van der Waals surface area contributed by atoms with Crippen molar-refractivity contribution in [1.29, 1.82) is 0 Å². The van der Waals surface area contributed by atoms with E-state index in [0.29, 0.717) is 6.54 Å². The third kappa shape index (κ3) is 4.05. The van der Waals surface area contributed by atoms with Crippen LogP contribution in [-0.4, -0.2) is 18.5 Å². The first-order valence-electron chi connectivity index (χ1n) is 4.72. The molecule has 14 heavy (non-hydrogen) atoms. The van der Waals surface area contributed by atoms with E-state index in [0.717, 1.165) is 6.42 Å². The lowest BCUT2D eigenvalue weighted by molar-refractivity contribution is -0.119. The largest absolute Gasteiger partial charge is 0.355 e. The molecule has 0 saturated carbocycles. The topological polar surface area (TPSA) is 55.1 Å². The van der Waals surface area contributed by atoms with Crippen LogP contribution in [0.5, 0.6) is 0 Å². The Morgan fingerprint density at radius 3 is 2.64 bits per heavy atom. The van der Waals surface area contributed by atoms with Crippen molar-refractivity contribution in [1.82, 2.24) is 5.32 Å². The van der Waals surface area contributed by atoms with Crippen molar-refractivity contribution in [2.75, 3.05) is 6.54 Å². The summed E-state index contributed by atoms with van der Waals surface area (Å²) in [6.07, 6.45) is 0.793. The Labute approximate surface area is 84.3 Å². The Balaban J connectivity index is 2.34. The second kappa shape index (κ2) is 5.40. The second-order valence-electron chi connectivity index (χ2n) is 3.39. The molecule has 0 heterocycles. The Kier molecular flexibility index (Phi) is 4.13. The highest BCUT2D eigenvalue weighted by molar-refractivity contribution is 5.72. The number of amides is 1. The van der Waals surface area contributed by atoms with E-state index in [9.17, 15) is 4.79 Å². The van der Waals surface area contributed by atoms with Crippen molar-refractivity contribution in [2.24, 2.45) is 5.73 Å². The molecule has 1 unspecified atom stereocenters. The van der Waals surface area contributed by atoms with E-state index >= 15 is 0 Å². The summed E-state index contributed by atoms with van der Waals surface area (Å²) in [5.74, 6) is -0.0338. The highest BCUT2D eigenvalue weighted by atomic mass is 16.1. The smallest absolute Gasteiger partial charge is 0.216 e. The molecule has 0 aliphatic heterocycles. The minimum atomic E-state index is -0.0338. The molecule has 3 nitrogen and oxygen atoms in total. The van der Waals surface area contributed by atoms with Crippen LogP contribution in [0.1, 0.15) is 12.5 Å². The van der Waals surface area contributed by atoms with Crippen LogP contribution >= 0.6 is 0 Å². The zero-order chi connectivity index (χ0) is 10.4. The highest BCUT2D eigenvalue weighted by Gasteiger charge is 2.03. The summed E-state index contributed by atoms with van der Waals surface area (Å²) < 4.78 is 0. The molecule has 0 aliphatic carbocycles. The molecule has 0 aliphatic rings. The maximum atomic E-state index is 10.6. The number of carbonyl (C=O) groups excluding carboxylic acids is 1. The van der Waals surface area contributed by atoms with Gasteiger partial charge >= 0.3 is 0 Å². The standard InChI is InChI=1S/C11H16N2O/c1-9(14)13-8-11(12)7-10-5-3-2-4-6-10/h2-6,11H,7-8,12H2,1H3,(H,13,14). The molecular weight excluding hydrogens is 176 g/mol. The Morgan fingerprint density at radius 2 is 2.07 bits per heavy atom. The summed E-state index contributed by atoms with van der Waals surface area (Å²) in [6, 6.07) is 10.0. The Bertz CT molecular complexity index is 285. The van der Waals surface area contributed by atoms with Gasteiger partial charge in [-0.1, -0.05) is 30.3 Å². The predicted octanol–water partition coefficient (Wildman–Crippen LogP) is 0.693. The molecule has 0 radical (unpaired) electrons. The maximum absolute atomic E-state index is 10.6. The average molecular weight is 192 g/mol. The van der Waals surface area contributed by atoms with Crippen LogP contribution in [0.4, 0.5) is 0 Å². The Hall–Kier alpha value is -1.35. The van der Waals surface area contributed by atoms with Gasteiger partial charge in [0.2, 0.25) is 5.91 Å². The van der Waals surface area contributed by atoms with Crippen molar-refractivity contribution >= 4 is 5.91 Å². The van der Waals surface area contributed by atoms with E-state index < -0.39 is 0 Å². The van der Waals surface area contributed by atoms with Crippen molar-refractivity contribution in [3.05, 3.63) is 35.9 Å². The van der Waals surface area contributed by atoms with E-state index in [2.05, 4.69) is 5.32 Å². The van der Waals surface area contributed by atoms with E-state index in [1.54, 1.807) is 0 Å². The second-order valence-corrected chi connectivity index (χ2v) is 3.39. The monoisotopic (exact) mass is 192 g/mol. The van der Waals surface area contributed by atoms with Crippen molar-refractivity contribution in [3.63, 3.8) is 0 Å². The van der Waals surface area contributed by atoms with Crippen LogP contribution in [0.25, 0.3) is 0 Å². The molecule has 76 valence electrons. The van der Waals surface area contributed by atoms with Gasteiger partial charge in [0.1, 0.15) is 0 Å². The number of nitrogens with two attached hydrogens (primary N) is 1. The molecule has 0 aromatic heterocycles. The van der Waals surface area contributed by atoms with Crippen LogP contribution in [-0.2, 0) is 11.2 Å². The van der Waals surface area contributed by atoms with Crippen LogP contribution < -0.4 is 11.1 Å². The lowest BCUT2D eigenvalue weighted by Crippen LogP contribution is -2.37. The number of benzene rings is 1. The quantitative estimate of drug-likeness (QED) is 0.737. The van der Waals surface area contributed by atoms with Crippen LogP contribution in [0.3, 0.4) is 0 Å². The number of nitrogens with one attached hydrogen (secondary N) is 1. The molecule has 0 bridgehead atoms. The summed E-state index contributed by atoms with van der Waals surface area (Å²) in [6.45, 7) is 2.03. The number of rotatable bonds is 4. The fourth-order valence-corrected chi connectivity index (χ4v) is 1.26. The zero-order valence-electron chi connectivity index (χ0n) is 8.36. The molecule has 1 aromatic carbocycles. The van der Waals surface area contributed by atoms with Gasteiger partial charge in [0.25, 0.3) is 0 Å². The predicted molar refractivity (Wildman–Crippen MR) is 56.8 cm³/mol. The minimum Gasteiger partial charge on any atom is -0.355 e. The van der Waals surface area contributed by atoms with Crippen molar-refractivity contribution in [3.8, 4) is 0 Å². The third-order valence-corrected chi connectivity index (χ3v) is 1.95. The van der Waals surface area contributed by atoms with Crippen LogP contribution in [0.15, 0.2) is 30.3 Å². The van der Waals surface area contributed by atoms with Gasteiger partial charge in [-0.3, -0.25) is 4.79 Å². The van der Waals surface area contributed by atoms with Crippen molar-refractivity contribution in [2.45, 2.75) is 19.4 Å². The van der Waals surface area contributed by atoms with Gasteiger partial charge in [0.15, 0.2) is 0 Å². The SMILES string of the molecule is CC(=O)NCC(N)Cc1ccccc1. The first kappa shape index (κ1) is 10.7. The molecule has 3 N–H and O–H groups in total. The molecule has 1 atom stereocenters. The van der Waals surface area contributed by atoms with E-state index in [1.807, 2.05) is 30.3 Å². The lowest BCUT2D eigenvalue weighted by atomic mass is 10.1. The lowest BCUT2D eigenvalue weighted by Gasteiger charge is -2.11. The molecule has 3 heteroatoms. The molecule has 0 fully saturated rings. The van der Waals surface area contributed by atoms with Gasteiger partial charge in [0, 0.05) is 19.5 Å². The van der Waals surface area contributed by atoms with E-state index in [4.69, 9.17) is 5.73 Å². The Morgan fingerprint density at radius 1 is 1.43 bits per heavy atom. The molecule has 1 aromatic rings. The summed E-state index contributed by atoms with van der Waals surface area (Å²) in [7, 11) is 0. The highest BCUT2D eigenvalue weighted by Crippen LogP contribution is 2.00. The summed E-state index contributed by atoms with van der Waals surface area (Å²) >= 11 is 0. The number of carbonyl (C=O) groups is 1. The van der Waals surface area contributed by atoms with Gasteiger partial charge in [-0.2, -0.15) is 0 Å². The number of hydrogen-bond acceptors (Lipinski definition) is 2. The van der Waals surface area contributed by atoms with E-state index in [1.165, 1.54) is 12.5 Å². The van der Waals surface area contributed by atoms with Gasteiger partial charge < -0.3 is 11.1 Å². The normalized spacial score (nSPS) is 12.1. The summed E-state index contributed by atoms with van der Waals surface area (Å²) in [5, 5.41) is 2.70. The van der Waals surface area contributed by atoms with Crippen molar-refractivity contribution < 1.29 is 4.79 Å². The fraction of sp³-hybridized carbons (Fsp3) is 0.364. The average Bonchev–Trinajstić information content (AvgIpc) is 2.16. The zero-order valence-corrected chi connectivity index (χ0v) is 8.36. The molecule has 1 rings (SSSR count). The summed E-state index contributed by atoms with van der Waals surface area (Å²) in [5.41, 5.74) is 7.04. The first-order valence-corrected chi connectivity index (χ1v) is 4.72. The maximum Gasteiger partial charge on any atom is 0.216 e. The molecule has 1 amide bonds. The van der Waals surface area contributed by atoms with Gasteiger partial charge in [-0.25, -0.2) is 0 Å². The molecule has 0 spiro atoms. The minimum absolute atomic E-state index is 0.0127. The fourth-order valence-electron chi connectivity index (χ4n) is 1.26.